The number of aliphatic carboxylic acids is 1. The van der Waals surface area contributed by atoms with Crippen LogP contribution < -0.4 is 4.74 Å². The molecule has 0 aliphatic carbocycles. The standard InChI is InChI=1S/C15H20BrNO4/c1-11(15(19)20)10-17(2)14(18)4-3-9-21-13-7-5-12(16)6-8-13/h5-8,11H,3-4,9-10H2,1-2H3,(H,19,20). The van der Waals surface area contributed by atoms with Crippen molar-refractivity contribution in [1.82, 2.24) is 4.90 Å². The molecule has 5 nitrogen and oxygen atoms in total. The Labute approximate surface area is 133 Å². The molecule has 1 aromatic rings. The molecule has 0 saturated heterocycles. The Balaban J connectivity index is 2.24. The van der Waals surface area contributed by atoms with E-state index in [1.54, 1.807) is 14.0 Å². The lowest BCUT2D eigenvalue weighted by molar-refractivity contribution is -0.142. The fraction of sp³-hybridized carbons (Fsp3) is 0.467. The second-order valence-electron chi connectivity index (χ2n) is 4.92. The molecule has 0 aliphatic heterocycles. The summed E-state index contributed by atoms with van der Waals surface area (Å²) in [5.74, 6) is -0.757. The van der Waals surface area contributed by atoms with Gasteiger partial charge in [0.1, 0.15) is 5.75 Å². The Bertz CT molecular complexity index is 475. The lowest BCUT2D eigenvalue weighted by atomic mass is 10.1. The molecule has 0 fully saturated rings. The molecule has 1 amide bonds. The van der Waals surface area contributed by atoms with Crippen LogP contribution in [0.1, 0.15) is 19.8 Å². The first-order valence-electron chi connectivity index (χ1n) is 6.75. The van der Waals surface area contributed by atoms with E-state index in [4.69, 9.17) is 9.84 Å². The molecule has 116 valence electrons. The van der Waals surface area contributed by atoms with Crippen LogP contribution >= 0.6 is 15.9 Å². The van der Waals surface area contributed by atoms with E-state index in [0.717, 1.165) is 10.2 Å². The lowest BCUT2D eigenvalue weighted by Crippen LogP contribution is -2.33. The summed E-state index contributed by atoms with van der Waals surface area (Å²) in [6.45, 7) is 2.26. The lowest BCUT2D eigenvalue weighted by Gasteiger charge is -2.19. The summed E-state index contributed by atoms with van der Waals surface area (Å²) in [6.07, 6.45) is 0.945. The zero-order valence-corrected chi connectivity index (χ0v) is 13.8. The van der Waals surface area contributed by atoms with E-state index >= 15 is 0 Å². The molecule has 0 aromatic heterocycles. The first kappa shape index (κ1) is 17.5. The number of carbonyl (C=O) groups is 2. The van der Waals surface area contributed by atoms with Crippen molar-refractivity contribution in [1.29, 1.82) is 0 Å². The van der Waals surface area contributed by atoms with Crippen molar-refractivity contribution in [3.63, 3.8) is 0 Å². The van der Waals surface area contributed by atoms with E-state index in [1.807, 2.05) is 24.3 Å². The van der Waals surface area contributed by atoms with E-state index in [1.165, 1.54) is 4.90 Å². The zero-order chi connectivity index (χ0) is 15.8. The van der Waals surface area contributed by atoms with E-state index in [9.17, 15) is 9.59 Å². The zero-order valence-electron chi connectivity index (χ0n) is 12.2. The number of nitrogens with zero attached hydrogens (tertiary/aromatic N) is 1. The maximum atomic E-state index is 11.8. The average Bonchev–Trinajstić information content (AvgIpc) is 2.44. The molecule has 1 N–H and O–H groups in total. The Morgan fingerprint density at radius 1 is 1.33 bits per heavy atom. The summed E-state index contributed by atoms with van der Waals surface area (Å²) in [5, 5.41) is 8.81. The van der Waals surface area contributed by atoms with Gasteiger partial charge in [0.25, 0.3) is 0 Å². The fourth-order valence-corrected chi connectivity index (χ4v) is 1.99. The number of halogens is 1. The van der Waals surface area contributed by atoms with Gasteiger partial charge in [-0.15, -0.1) is 0 Å². The summed E-state index contributed by atoms with van der Waals surface area (Å²) in [6, 6.07) is 7.49. The quantitative estimate of drug-likeness (QED) is 0.726. The second-order valence-corrected chi connectivity index (χ2v) is 5.84. The first-order chi connectivity index (χ1) is 9.90. The molecule has 1 atom stereocenters. The summed E-state index contributed by atoms with van der Waals surface area (Å²) in [5.41, 5.74) is 0. The Kier molecular flexibility index (Phi) is 7.22. The maximum absolute atomic E-state index is 11.8. The molecule has 1 unspecified atom stereocenters. The highest BCUT2D eigenvalue weighted by Crippen LogP contribution is 2.16. The van der Waals surface area contributed by atoms with Crippen molar-refractivity contribution in [2.75, 3.05) is 20.2 Å². The highest BCUT2D eigenvalue weighted by atomic mass is 79.9. The van der Waals surface area contributed by atoms with Crippen LogP contribution in [-0.2, 0) is 9.59 Å². The van der Waals surface area contributed by atoms with Crippen LogP contribution in [0.15, 0.2) is 28.7 Å². The van der Waals surface area contributed by atoms with Gasteiger partial charge in [-0.1, -0.05) is 22.9 Å². The minimum Gasteiger partial charge on any atom is -0.494 e. The molecule has 0 heterocycles. The predicted octanol–water partition coefficient (Wildman–Crippen LogP) is 2.79. The molecular formula is C15H20BrNO4. The summed E-state index contributed by atoms with van der Waals surface area (Å²) < 4.78 is 6.51. The van der Waals surface area contributed by atoms with Crippen LogP contribution in [0.2, 0.25) is 0 Å². The van der Waals surface area contributed by atoms with Crippen LogP contribution in [0, 0.1) is 5.92 Å². The van der Waals surface area contributed by atoms with E-state index in [-0.39, 0.29) is 12.5 Å². The number of carbonyl (C=O) groups excluding carboxylic acids is 1. The van der Waals surface area contributed by atoms with Gasteiger partial charge in [0.05, 0.1) is 12.5 Å². The number of amides is 1. The maximum Gasteiger partial charge on any atom is 0.308 e. The first-order valence-corrected chi connectivity index (χ1v) is 7.54. The summed E-state index contributed by atoms with van der Waals surface area (Å²) in [4.78, 5) is 24.0. The summed E-state index contributed by atoms with van der Waals surface area (Å²) >= 11 is 3.34. The molecule has 1 aromatic carbocycles. The minimum atomic E-state index is -0.895. The number of hydrogen-bond donors (Lipinski definition) is 1. The van der Waals surface area contributed by atoms with Crippen molar-refractivity contribution < 1.29 is 19.4 Å². The molecule has 21 heavy (non-hydrogen) atoms. The van der Waals surface area contributed by atoms with Crippen molar-refractivity contribution in [2.24, 2.45) is 5.92 Å². The molecule has 6 heteroatoms. The molecule has 0 saturated carbocycles. The van der Waals surface area contributed by atoms with E-state index < -0.39 is 11.9 Å². The number of ether oxygens (including phenoxy) is 1. The SMILES string of the molecule is CC(CN(C)C(=O)CCCOc1ccc(Br)cc1)C(=O)O. The van der Waals surface area contributed by atoms with Gasteiger partial charge >= 0.3 is 5.97 Å². The molecule has 0 bridgehead atoms. The summed E-state index contributed by atoms with van der Waals surface area (Å²) in [7, 11) is 1.62. The van der Waals surface area contributed by atoms with Gasteiger partial charge in [0.15, 0.2) is 0 Å². The van der Waals surface area contributed by atoms with E-state index in [0.29, 0.717) is 19.4 Å². The van der Waals surface area contributed by atoms with E-state index in [2.05, 4.69) is 15.9 Å². The Morgan fingerprint density at radius 3 is 2.52 bits per heavy atom. The predicted molar refractivity (Wildman–Crippen MR) is 83.3 cm³/mol. The molecule has 0 radical (unpaired) electrons. The number of carboxylic acids is 1. The highest BCUT2D eigenvalue weighted by molar-refractivity contribution is 9.10. The molecule has 1 rings (SSSR count). The Morgan fingerprint density at radius 2 is 1.95 bits per heavy atom. The fourth-order valence-electron chi connectivity index (χ4n) is 1.73. The number of benzene rings is 1. The Hall–Kier alpha value is -1.56. The molecular weight excluding hydrogens is 338 g/mol. The van der Waals surface area contributed by atoms with Crippen molar-refractivity contribution in [3.05, 3.63) is 28.7 Å². The van der Waals surface area contributed by atoms with Gasteiger partial charge in [-0.05, 0) is 30.7 Å². The van der Waals surface area contributed by atoms with Gasteiger partial charge in [-0.25, -0.2) is 0 Å². The molecule has 0 aliphatic rings. The smallest absolute Gasteiger partial charge is 0.308 e. The van der Waals surface area contributed by atoms with Gasteiger partial charge < -0.3 is 14.7 Å². The van der Waals surface area contributed by atoms with Crippen LogP contribution in [0.25, 0.3) is 0 Å². The topological polar surface area (TPSA) is 66.8 Å². The van der Waals surface area contributed by atoms with Crippen LogP contribution in [0.5, 0.6) is 5.75 Å². The van der Waals surface area contributed by atoms with Crippen LogP contribution in [-0.4, -0.2) is 42.1 Å². The second kappa shape index (κ2) is 8.67. The van der Waals surface area contributed by atoms with Gasteiger partial charge in [0.2, 0.25) is 5.91 Å². The highest BCUT2D eigenvalue weighted by Gasteiger charge is 2.16. The third kappa shape index (κ3) is 6.62. The monoisotopic (exact) mass is 357 g/mol. The van der Waals surface area contributed by atoms with Gasteiger partial charge in [-0.3, -0.25) is 9.59 Å². The number of hydrogen-bond acceptors (Lipinski definition) is 3. The van der Waals surface area contributed by atoms with Crippen molar-refractivity contribution in [2.45, 2.75) is 19.8 Å². The van der Waals surface area contributed by atoms with Crippen molar-refractivity contribution >= 4 is 27.8 Å². The largest absolute Gasteiger partial charge is 0.494 e. The van der Waals surface area contributed by atoms with Gasteiger partial charge in [0, 0.05) is 24.5 Å². The third-order valence-corrected chi connectivity index (χ3v) is 3.54. The van der Waals surface area contributed by atoms with Crippen LogP contribution in [0.3, 0.4) is 0 Å². The number of carboxylic acid groups (broad SMARTS) is 1. The van der Waals surface area contributed by atoms with Crippen LogP contribution in [0.4, 0.5) is 0 Å². The molecule has 0 spiro atoms. The third-order valence-electron chi connectivity index (χ3n) is 3.01. The van der Waals surface area contributed by atoms with Crippen molar-refractivity contribution in [3.8, 4) is 5.75 Å². The minimum absolute atomic E-state index is 0.0671. The average molecular weight is 358 g/mol. The number of rotatable bonds is 8. The van der Waals surface area contributed by atoms with Gasteiger partial charge in [-0.2, -0.15) is 0 Å². The normalized spacial score (nSPS) is 11.8.